The molecule has 0 amide bonds. The van der Waals surface area contributed by atoms with Crippen molar-refractivity contribution >= 4 is 18.5 Å². The van der Waals surface area contributed by atoms with Gasteiger partial charge in [0.05, 0.1) is 11.9 Å². The zero-order valence-corrected chi connectivity index (χ0v) is 7.60. The highest BCUT2D eigenvalue weighted by Gasteiger charge is 2.10. The molecule has 0 saturated carbocycles. The van der Waals surface area contributed by atoms with Gasteiger partial charge in [-0.2, -0.15) is 0 Å². The second-order valence-electron chi connectivity index (χ2n) is 2.64. The molecule has 0 atom stereocenters. The maximum Gasteiger partial charge on any atom is 0.132 e. The van der Waals surface area contributed by atoms with Crippen molar-refractivity contribution in [1.29, 1.82) is 0 Å². The Morgan fingerprint density at radius 3 is 3.25 bits per heavy atom. The lowest BCUT2D eigenvalue weighted by Gasteiger charge is -2.16. The molecule has 0 aliphatic carbocycles. The number of imidazole rings is 1. The number of hydrogen-bond acceptors (Lipinski definition) is 2. The number of aromatic nitrogens is 2. The van der Waals surface area contributed by atoms with E-state index in [4.69, 9.17) is 0 Å². The third kappa shape index (κ3) is 1.38. The van der Waals surface area contributed by atoms with Gasteiger partial charge in [0.25, 0.3) is 0 Å². The Labute approximate surface area is 77.9 Å². The van der Waals surface area contributed by atoms with E-state index >= 15 is 0 Å². The molecule has 1 aliphatic rings. The molecular weight excluding hydrogens is 174 g/mol. The van der Waals surface area contributed by atoms with Crippen LogP contribution in [-0.4, -0.2) is 16.1 Å². The molecule has 0 saturated heterocycles. The van der Waals surface area contributed by atoms with Gasteiger partial charge in [-0.25, -0.2) is 4.98 Å². The van der Waals surface area contributed by atoms with Crippen molar-refractivity contribution in [2.75, 3.05) is 6.54 Å². The average molecular weight is 186 g/mol. The van der Waals surface area contributed by atoms with Gasteiger partial charge in [0.15, 0.2) is 0 Å². The molecular formula is C8H12ClN3. The summed E-state index contributed by atoms with van der Waals surface area (Å²) in [7, 11) is 0. The average Bonchev–Trinajstić information content (AvgIpc) is 2.47. The summed E-state index contributed by atoms with van der Waals surface area (Å²) >= 11 is 0. The molecule has 3 nitrogen and oxygen atoms in total. The summed E-state index contributed by atoms with van der Waals surface area (Å²) in [5.41, 5.74) is 1.26. The molecule has 12 heavy (non-hydrogen) atoms. The van der Waals surface area contributed by atoms with Crippen molar-refractivity contribution < 1.29 is 0 Å². The van der Waals surface area contributed by atoms with E-state index in [9.17, 15) is 0 Å². The number of hydrogen-bond donors (Lipinski definition) is 1. The highest BCUT2D eigenvalue weighted by Crippen LogP contribution is 2.08. The number of nitrogens with one attached hydrogen (secondary N) is 1. The summed E-state index contributed by atoms with van der Waals surface area (Å²) in [6.45, 7) is 6.68. The summed E-state index contributed by atoms with van der Waals surface area (Å²) in [6, 6.07) is 0. The van der Waals surface area contributed by atoms with Crippen LogP contribution >= 0.6 is 12.4 Å². The predicted octanol–water partition coefficient (Wildman–Crippen LogP) is 1.05. The quantitative estimate of drug-likeness (QED) is 0.709. The molecule has 0 unspecified atom stereocenters. The van der Waals surface area contributed by atoms with E-state index < -0.39 is 0 Å². The van der Waals surface area contributed by atoms with Gasteiger partial charge in [-0.15, -0.1) is 12.4 Å². The Hall–Kier alpha value is -0.800. The summed E-state index contributed by atoms with van der Waals surface area (Å²) in [6.07, 6.45) is 3.71. The first-order chi connectivity index (χ1) is 5.42. The molecule has 4 heteroatoms. The van der Waals surface area contributed by atoms with Gasteiger partial charge < -0.3 is 9.88 Å². The van der Waals surface area contributed by atoms with Crippen LogP contribution in [0.15, 0.2) is 12.8 Å². The fourth-order valence-corrected chi connectivity index (χ4v) is 1.40. The Morgan fingerprint density at radius 1 is 1.67 bits per heavy atom. The summed E-state index contributed by atoms with van der Waals surface area (Å²) < 4.78 is 2.20. The maximum absolute atomic E-state index is 4.22. The Kier molecular flexibility index (Phi) is 2.89. The minimum atomic E-state index is 0. The predicted molar refractivity (Wildman–Crippen MR) is 51.3 cm³/mol. The number of fused-ring (bicyclic) bond motifs is 1. The van der Waals surface area contributed by atoms with Crippen molar-refractivity contribution in [2.45, 2.75) is 13.1 Å². The molecule has 1 aliphatic heterocycles. The van der Waals surface area contributed by atoms with Gasteiger partial charge in [-0.3, -0.25) is 0 Å². The molecule has 0 aromatic carbocycles. The fraction of sp³-hybridized carbons (Fsp3) is 0.375. The molecule has 1 aromatic heterocycles. The lowest BCUT2D eigenvalue weighted by Crippen LogP contribution is -2.28. The van der Waals surface area contributed by atoms with E-state index in [1.807, 2.05) is 6.20 Å². The molecule has 0 fully saturated rings. The van der Waals surface area contributed by atoms with Crippen LogP contribution in [-0.2, 0) is 13.1 Å². The van der Waals surface area contributed by atoms with E-state index in [0.29, 0.717) is 0 Å². The van der Waals surface area contributed by atoms with E-state index in [-0.39, 0.29) is 12.4 Å². The van der Waals surface area contributed by atoms with Crippen LogP contribution in [0.3, 0.4) is 0 Å². The maximum atomic E-state index is 4.22. The standard InChI is InChI=1S/C8H11N3.ClH/c1-2-8-10-6-7-5-9-3-4-11(7)8;/h2,6,9H,1,3-5H2;1H. The Bertz CT molecular complexity index is 280. The molecule has 0 bridgehead atoms. The minimum Gasteiger partial charge on any atom is -0.326 e. The fourth-order valence-electron chi connectivity index (χ4n) is 1.40. The molecule has 0 radical (unpaired) electrons. The zero-order chi connectivity index (χ0) is 7.68. The van der Waals surface area contributed by atoms with Crippen LogP contribution in [0.2, 0.25) is 0 Å². The van der Waals surface area contributed by atoms with Crippen LogP contribution in [0.4, 0.5) is 0 Å². The highest BCUT2D eigenvalue weighted by molar-refractivity contribution is 5.85. The van der Waals surface area contributed by atoms with Crippen molar-refractivity contribution in [2.24, 2.45) is 0 Å². The summed E-state index contributed by atoms with van der Waals surface area (Å²) in [4.78, 5) is 4.22. The van der Waals surface area contributed by atoms with Crippen molar-refractivity contribution in [3.63, 3.8) is 0 Å². The van der Waals surface area contributed by atoms with Crippen LogP contribution in [0.1, 0.15) is 11.5 Å². The van der Waals surface area contributed by atoms with Crippen molar-refractivity contribution in [3.05, 3.63) is 24.3 Å². The second kappa shape index (κ2) is 3.74. The zero-order valence-electron chi connectivity index (χ0n) is 6.79. The van der Waals surface area contributed by atoms with Crippen LogP contribution in [0, 0.1) is 0 Å². The second-order valence-corrected chi connectivity index (χ2v) is 2.64. The normalized spacial score (nSPS) is 14.7. The minimum absolute atomic E-state index is 0. The number of halogens is 1. The van der Waals surface area contributed by atoms with Crippen molar-refractivity contribution in [3.8, 4) is 0 Å². The van der Waals surface area contributed by atoms with Gasteiger partial charge in [-0.1, -0.05) is 6.58 Å². The molecule has 1 N–H and O–H groups in total. The van der Waals surface area contributed by atoms with Gasteiger partial charge in [-0.05, 0) is 6.08 Å². The third-order valence-electron chi connectivity index (χ3n) is 1.97. The van der Waals surface area contributed by atoms with E-state index in [0.717, 1.165) is 25.5 Å². The SMILES string of the molecule is C=Cc1ncc2n1CCNC2.Cl. The van der Waals surface area contributed by atoms with Gasteiger partial charge in [0, 0.05) is 19.6 Å². The number of rotatable bonds is 1. The topological polar surface area (TPSA) is 29.9 Å². The van der Waals surface area contributed by atoms with Crippen LogP contribution in [0.25, 0.3) is 6.08 Å². The Morgan fingerprint density at radius 2 is 2.50 bits per heavy atom. The molecule has 66 valence electrons. The van der Waals surface area contributed by atoms with Gasteiger partial charge >= 0.3 is 0 Å². The monoisotopic (exact) mass is 185 g/mol. The summed E-state index contributed by atoms with van der Waals surface area (Å²) in [5, 5.41) is 3.28. The van der Waals surface area contributed by atoms with E-state index in [1.165, 1.54) is 5.69 Å². The third-order valence-corrected chi connectivity index (χ3v) is 1.97. The van der Waals surface area contributed by atoms with Crippen molar-refractivity contribution in [1.82, 2.24) is 14.9 Å². The Balaban J connectivity index is 0.000000720. The van der Waals surface area contributed by atoms with Gasteiger partial charge in [0.1, 0.15) is 5.82 Å². The number of nitrogens with zero attached hydrogens (tertiary/aromatic N) is 2. The largest absolute Gasteiger partial charge is 0.326 e. The molecule has 1 aromatic rings. The first kappa shape index (κ1) is 9.29. The van der Waals surface area contributed by atoms with E-state index in [2.05, 4.69) is 21.4 Å². The smallest absolute Gasteiger partial charge is 0.132 e. The highest BCUT2D eigenvalue weighted by atomic mass is 35.5. The first-order valence-corrected chi connectivity index (χ1v) is 3.79. The van der Waals surface area contributed by atoms with Gasteiger partial charge in [0.2, 0.25) is 0 Å². The molecule has 2 heterocycles. The lowest BCUT2D eigenvalue weighted by atomic mass is 10.3. The van der Waals surface area contributed by atoms with Crippen LogP contribution < -0.4 is 5.32 Å². The first-order valence-electron chi connectivity index (χ1n) is 3.79. The molecule has 2 rings (SSSR count). The molecule has 0 spiro atoms. The summed E-state index contributed by atoms with van der Waals surface area (Å²) in [5.74, 6) is 0.988. The van der Waals surface area contributed by atoms with E-state index in [1.54, 1.807) is 6.08 Å². The lowest BCUT2D eigenvalue weighted by molar-refractivity contribution is 0.513. The van der Waals surface area contributed by atoms with Crippen LogP contribution in [0.5, 0.6) is 0 Å².